The molecule has 0 unspecified atom stereocenters. The van der Waals surface area contributed by atoms with Crippen LogP contribution in [0.3, 0.4) is 0 Å². The minimum absolute atomic E-state index is 0.111. The van der Waals surface area contributed by atoms with Crippen LogP contribution in [0.15, 0.2) is 17.5 Å². The van der Waals surface area contributed by atoms with E-state index in [0.29, 0.717) is 19.5 Å². The molecule has 112 valence electrons. The highest BCUT2D eigenvalue weighted by Gasteiger charge is 2.35. The van der Waals surface area contributed by atoms with Crippen molar-refractivity contribution in [2.24, 2.45) is 0 Å². The van der Waals surface area contributed by atoms with Crippen LogP contribution in [-0.2, 0) is 5.41 Å². The molecule has 1 saturated carbocycles. The summed E-state index contributed by atoms with van der Waals surface area (Å²) >= 11 is 1.80. The smallest absolute Gasteiger partial charge is 0.314 e. The second-order valence-corrected chi connectivity index (χ2v) is 6.45. The average molecular weight is 296 g/mol. The van der Waals surface area contributed by atoms with Gasteiger partial charge in [-0.1, -0.05) is 25.3 Å². The van der Waals surface area contributed by atoms with E-state index in [9.17, 15) is 4.79 Å². The first kappa shape index (κ1) is 15.3. The lowest BCUT2D eigenvalue weighted by atomic mass is 9.73. The topological polar surface area (TPSA) is 61.4 Å². The SMILES string of the molecule is O=C(NCCCO)NCC1(c2cccs2)CCCCC1. The quantitative estimate of drug-likeness (QED) is 0.707. The van der Waals surface area contributed by atoms with Gasteiger partial charge in [-0.05, 0) is 30.7 Å². The number of hydrogen-bond donors (Lipinski definition) is 3. The Hall–Kier alpha value is -1.07. The summed E-state index contributed by atoms with van der Waals surface area (Å²) in [4.78, 5) is 13.2. The zero-order valence-corrected chi connectivity index (χ0v) is 12.7. The maximum atomic E-state index is 11.8. The van der Waals surface area contributed by atoms with E-state index in [1.165, 1.54) is 24.1 Å². The molecule has 3 N–H and O–H groups in total. The van der Waals surface area contributed by atoms with Gasteiger partial charge >= 0.3 is 6.03 Å². The standard InChI is InChI=1S/C15H24N2O2S/c18-10-5-9-16-14(19)17-12-15(7-2-1-3-8-15)13-6-4-11-20-13/h4,6,11,18H,1-3,5,7-10,12H2,(H2,16,17,19). The molecule has 1 aliphatic rings. The first-order valence-electron chi connectivity index (χ1n) is 7.43. The Kier molecular flexibility index (Phi) is 5.86. The molecule has 0 aromatic carbocycles. The molecule has 0 bridgehead atoms. The number of aliphatic hydroxyl groups excluding tert-OH is 1. The van der Waals surface area contributed by atoms with Gasteiger partial charge in [0.15, 0.2) is 0 Å². The van der Waals surface area contributed by atoms with Crippen LogP contribution in [0.1, 0.15) is 43.4 Å². The van der Waals surface area contributed by atoms with E-state index in [1.807, 2.05) is 0 Å². The fourth-order valence-corrected chi connectivity index (χ4v) is 3.90. The highest BCUT2D eigenvalue weighted by atomic mass is 32.1. The third-order valence-corrected chi connectivity index (χ3v) is 5.18. The van der Waals surface area contributed by atoms with E-state index in [-0.39, 0.29) is 18.1 Å². The molecule has 0 atom stereocenters. The molecule has 1 fully saturated rings. The van der Waals surface area contributed by atoms with E-state index in [2.05, 4.69) is 28.1 Å². The summed E-state index contributed by atoms with van der Waals surface area (Å²) in [6.07, 6.45) is 6.70. The molecule has 0 spiro atoms. The third-order valence-electron chi connectivity index (χ3n) is 4.06. The molecule has 5 heteroatoms. The number of carbonyl (C=O) groups is 1. The molecule has 2 rings (SSSR count). The largest absolute Gasteiger partial charge is 0.396 e. The van der Waals surface area contributed by atoms with Crippen molar-refractivity contribution in [1.82, 2.24) is 10.6 Å². The van der Waals surface area contributed by atoms with Crippen molar-refractivity contribution in [3.05, 3.63) is 22.4 Å². The molecule has 1 aromatic heterocycles. The lowest BCUT2D eigenvalue weighted by Crippen LogP contribution is -2.45. The van der Waals surface area contributed by atoms with E-state index < -0.39 is 0 Å². The zero-order chi connectivity index (χ0) is 14.3. The predicted octanol–water partition coefficient (Wildman–Crippen LogP) is 2.63. The monoisotopic (exact) mass is 296 g/mol. The Bertz CT molecular complexity index is 400. The number of carbonyl (C=O) groups excluding carboxylic acids is 1. The van der Waals surface area contributed by atoms with Crippen LogP contribution in [0.2, 0.25) is 0 Å². The lowest BCUT2D eigenvalue weighted by molar-refractivity contribution is 0.228. The van der Waals surface area contributed by atoms with E-state index >= 15 is 0 Å². The number of thiophene rings is 1. The van der Waals surface area contributed by atoms with Crippen molar-refractivity contribution in [2.45, 2.75) is 43.9 Å². The molecule has 1 aromatic rings. The van der Waals surface area contributed by atoms with Gasteiger partial charge in [0.1, 0.15) is 0 Å². The van der Waals surface area contributed by atoms with Gasteiger partial charge in [-0.15, -0.1) is 11.3 Å². The molecule has 1 heterocycles. The van der Waals surface area contributed by atoms with Crippen LogP contribution in [-0.4, -0.2) is 30.8 Å². The van der Waals surface area contributed by atoms with Crippen LogP contribution in [0.25, 0.3) is 0 Å². The average Bonchev–Trinajstić information content (AvgIpc) is 3.01. The maximum absolute atomic E-state index is 11.8. The predicted molar refractivity (Wildman–Crippen MR) is 82.2 cm³/mol. The molecule has 0 radical (unpaired) electrons. The van der Waals surface area contributed by atoms with E-state index in [0.717, 1.165) is 12.8 Å². The van der Waals surface area contributed by atoms with Gasteiger partial charge in [0, 0.05) is 30.0 Å². The van der Waals surface area contributed by atoms with Crippen LogP contribution in [0, 0.1) is 0 Å². The minimum atomic E-state index is -0.125. The van der Waals surface area contributed by atoms with E-state index in [1.54, 1.807) is 11.3 Å². The summed E-state index contributed by atoms with van der Waals surface area (Å²) < 4.78 is 0. The fraction of sp³-hybridized carbons (Fsp3) is 0.667. The number of rotatable bonds is 6. The van der Waals surface area contributed by atoms with Crippen molar-refractivity contribution in [2.75, 3.05) is 19.7 Å². The van der Waals surface area contributed by atoms with Gasteiger partial charge in [-0.2, -0.15) is 0 Å². The molecule has 20 heavy (non-hydrogen) atoms. The van der Waals surface area contributed by atoms with Crippen LogP contribution in [0.4, 0.5) is 4.79 Å². The molecule has 0 aliphatic heterocycles. The fourth-order valence-electron chi connectivity index (χ4n) is 2.91. The summed E-state index contributed by atoms with van der Waals surface area (Å²) in [6.45, 7) is 1.34. The highest BCUT2D eigenvalue weighted by Crippen LogP contribution is 2.40. The number of urea groups is 1. The Balaban J connectivity index is 1.90. The Morgan fingerprint density at radius 3 is 2.75 bits per heavy atom. The second kappa shape index (κ2) is 7.64. The molecular weight excluding hydrogens is 272 g/mol. The number of hydrogen-bond acceptors (Lipinski definition) is 3. The van der Waals surface area contributed by atoms with Crippen LogP contribution >= 0.6 is 11.3 Å². The summed E-state index contributed by atoms with van der Waals surface area (Å²) in [5.41, 5.74) is 0.126. The van der Waals surface area contributed by atoms with Crippen LogP contribution in [0.5, 0.6) is 0 Å². The molecular formula is C15H24N2O2S. The Morgan fingerprint density at radius 1 is 1.30 bits per heavy atom. The van der Waals surface area contributed by atoms with Crippen LogP contribution < -0.4 is 10.6 Å². The summed E-state index contributed by atoms with van der Waals surface area (Å²) in [6, 6.07) is 4.17. The first-order valence-corrected chi connectivity index (χ1v) is 8.31. The normalized spacial score (nSPS) is 17.6. The minimum Gasteiger partial charge on any atom is -0.396 e. The maximum Gasteiger partial charge on any atom is 0.314 e. The Labute approximate surface area is 124 Å². The molecule has 0 saturated heterocycles. The summed E-state index contributed by atoms with van der Waals surface area (Å²) in [5, 5.41) is 16.6. The third kappa shape index (κ3) is 3.96. The molecule has 4 nitrogen and oxygen atoms in total. The van der Waals surface area contributed by atoms with Crippen molar-refractivity contribution >= 4 is 17.4 Å². The van der Waals surface area contributed by atoms with Crippen molar-refractivity contribution in [3.63, 3.8) is 0 Å². The van der Waals surface area contributed by atoms with Crippen molar-refractivity contribution in [1.29, 1.82) is 0 Å². The zero-order valence-electron chi connectivity index (χ0n) is 11.9. The first-order chi connectivity index (χ1) is 9.77. The number of amides is 2. The van der Waals surface area contributed by atoms with E-state index in [4.69, 9.17) is 5.11 Å². The number of aliphatic hydroxyl groups is 1. The van der Waals surface area contributed by atoms with Crippen molar-refractivity contribution < 1.29 is 9.90 Å². The number of nitrogens with one attached hydrogen (secondary N) is 2. The van der Waals surface area contributed by atoms with Gasteiger partial charge in [0.05, 0.1) is 0 Å². The summed E-state index contributed by atoms with van der Waals surface area (Å²) in [5.74, 6) is 0. The lowest BCUT2D eigenvalue weighted by Gasteiger charge is -2.36. The van der Waals surface area contributed by atoms with Gasteiger partial charge in [-0.25, -0.2) is 4.79 Å². The molecule has 2 amide bonds. The van der Waals surface area contributed by atoms with Gasteiger partial charge in [-0.3, -0.25) is 0 Å². The Morgan fingerprint density at radius 2 is 2.10 bits per heavy atom. The molecule has 1 aliphatic carbocycles. The van der Waals surface area contributed by atoms with Crippen molar-refractivity contribution in [3.8, 4) is 0 Å². The second-order valence-electron chi connectivity index (χ2n) is 5.50. The highest BCUT2D eigenvalue weighted by molar-refractivity contribution is 7.10. The van der Waals surface area contributed by atoms with Gasteiger partial charge in [0.2, 0.25) is 0 Å². The summed E-state index contributed by atoms with van der Waals surface area (Å²) in [7, 11) is 0. The van der Waals surface area contributed by atoms with Gasteiger partial charge in [0.25, 0.3) is 0 Å². The van der Waals surface area contributed by atoms with Gasteiger partial charge < -0.3 is 15.7 Å².